The van der Waals surface area contributed by atoms with Crippen molar-refractivity contribution in [1.82, 2.24) is 0 Å². The van der Waals surface area contributed by atoms with Crippen molar-refractivity contribution in [3.63, 3.8) is 0 Å². The summed E-state index contributed by atoms with van der Waals surface area (Å²) in [6.45, 7) is 0. The van der Waals surface area contributed by atoms with Crippen LogP contribution in [0.15, 0.2) is 0 Å². The maximum atomic E-state index is 10.0. The average Bonchev–Trinajstić information content (AvgIpc) is 1.63. The van der Waals surface area contributed by atoms with Crippen LogP contribution >= 0.6 is 0 Å². The fraction of sp³-hybridized carbons (Fsp3) is 0.750. The monoisotopic (exact) mass is 151 g/mol. The topological polar surface area (TPSA) is 80.4 Å². The number of primary amides is 1. The molecule has 54 valence electrons. The zero-order valence-corrected chi connectivity index (χ0v) is 5.69. The van der Waals surface area contributed by atoms with E-state index in [9.17, 15) is 9.00 Å². The summed E-state index contributed by atoms with van der Waals surface area (Å²) in [5.74, 6) is -0.302. The molecule has 0 aliphatic heterocycles. The third kappa shape index (κ3) is 7.58. The van der Waals surface area contributed by atoms with Gasteiger partial charge in [0.1, 0.15) is 0 Å². The lowest BCUT2D eigenvalue weighted by Gasteiger charge is -1.90. The molecule has 0 fully saturated rings. The molecular weight excluding hydrogens is 142 g/mol. The van der Waals surface area contributed by atoms with Crippen LogP contribution in [0.1, 0.15) is 12.8 Å². The van der Waals surface area contributed by atoms with Crippen molar-refractivity contribution in [2.24, 2.45) is 5.73 Å². The van der Waals surface area contributed by atoms with Crippen LogP contribution < -0.4 is 5.73 Å². The molecule has 4 nitrogen and oxygen atoms in total. The minimum atomic E-state index is -1.79. The van der Waals surface area contributed by atoms with Gasteiger partial charge in [0.25, 0.3) is 0 Å². The van der Waals surface area contributed by atoms with Gasteiger partial charge in [-0.05, 0) is 6.42 Å². The average molecular weight is 151 g/mol. The number of nitrogens with two attached hydrogens (primary N) is 1. The molecule has 0 aliphatic rings. The number of hydrogen-bond acceptors (Lipinski definition) is 2. The molecule has 0 saturated carbocycles. The van der Waals surface area contributed by atoms with Gasteiger partial charge in [0.2, 0.25) is 5.91 Å². The molecule has 0 aromatic carbocycles. The molecule has 1 amide bonds. The van der Waals surface area contributed by atoms with Crippen molar-refractivity contribution in [3.05, 3.63) is 0 Å². The number of carbonyl (C=O) groups is 1. The lowest BCUT2D eigenvalue weighted by Crippen LogP contribution is -2.11. The van der Waals surface area contributed by atoms with Gasteiger partial charge in [-0.25, -0.2) is 4.21 Å². The summed E-state index contributed by atoms with van der Waals surface area (Å²) in [7, 11) is 0. The van der Waals surface area contributed by atoms with Gasteiger partial charge in [0, 0.05) is 12.2 Å². The zero-order chi connectivity index (χ0) is 7.28. The van der Waals surface area contributed by atoms with Crippen LogP contribution in [0.3, 0.4) is 0 Å². The summed E-state index contributed by atoms with van der Waals surface area (Å²) in [5, 5.41) is 0. The third-order valence-electron chi connectivity index (χ3n) is 0.742. The summed E-state index contributed by atoms with van der Waals surface area (Å²) in [4.78, 5) is 10.0. The number of amides is 1. The van der Waals surface area contributed by atoms with Gasteiger partial charge >= 0.3 is 0 Å². The van der Waals surface area contributed by atoms with E-state index in [1.165, 1.54) is 0 Å². The summed E-state index contributed by atoms with van der Waals surface area (Å²) in [5.41, 5.74) is 4.76. The van der Waals surface area contributed by atoms with Gasteiger partial charge in [0.15, 0.2) is 11.1 Å². The lowest BCUT2D eigenvalue weighted by molar-refractivity contribution is -0.118. The first kappa shape index (κ1) is 8.58. The van der Waals surface area contributed by atoms with Crippen molar-refractivity contribution < 1.29 is 13.6 Å². The quantitative estimate of drug-likeness (QED) is 0.530. The third-order valence-corrected chi connectivity index (χ3v) is 1.38. The number of carbonyl (C=O) groups excluding carboxylic acids is 1. The Morgan fingerprint density at radius 1 is 1.67 bits per heavy atom. The highest BCUT2D eigenvalue weighted by Gasteiger charge is 1.96. The van der Waals surface area contributed by atoms with E-state index in [1.807, 2.05) is 0 Å². The first-order valence-corrected chi connectivity index (χ1v) is 3.76. The molecule has 1 unspecified atom stereocenters. The summed E-state index contributed by atoms with van der Waals surface area (Å²) < 4.78 is 18.1. The van der Waals surface area contributed by atoms with E-state index in [0.717, 1.165) is 0 Å². The van der Waals surface area contributed by atoms with Crippen LogP contribution in [0.5, 0.6) is 0 Å². The van der Waals surface area contributed by atoms with E-state index >= 15 is 0 Å². The summed E-state index contributed by atoms with van der Waals surface area (Å²) in [6, 6.07) is 0. The molecule has 0 heterocycles. The van der Waals surface area contributed by atoms with Crippen LogP contribution in [0.25, 0.3) is 0 Å². The van der Waals surface area contributed by atoms with Gasteiger partial charge in [0.05, 0.1) is 0 Å². The molecule has 0 rings (SSSR count). The standard InChI is InChI=1S/C4H9NO3S/c5-4(6)2-1-3-9(7)8/h1-3H2,(H2,5,6)(H,7,8). The molecule has 5 heteroatoms. The highest BCUT2D eigenvalue weighted by molar-refractivity contribution is 7.79. The highest BCUT2D eigenvalue weighted by atomic mass is 32.2. The van der Waals surface area contributed by atoms with Crippen LogP contribution in [-0.4, -0.2) is 20.4 Å². The fourth-order valence-corrected chi connectivity index (χ4v) is 0.761. The largest absolute Gasteiger partial charge is 0.370 e. The first-order valence-electron chi connectivity index (χ1n) is 2.48. The van der Waals surface area contributed by atoms with E-state index in [2.05, 4.69) is 0 Å². The Morgan fingerprint density at radius 3 is 2.56 bits per heavy atom. The molecule has 0 aromatic rings. The molecule has 3 N–H and O–H groups in total. The molecule has 0 aromatic heterocycles. The minimum Gasteiger partial charge on any atom is -0.370 e. The fourth-order valence-electron chi connectivity index (χ4n) is 0.370. The number of hydrogen-bond donors (Lipinski definition) is 2. The van der Waals surface area contributed by atoms with Crippen molar-refractivity contribution in [3.8, 4) is 0 Å². The predicted octanol–water partition coefficient (Wildman–Crippen LogP) is -0.526. The Balaban J connectivity index is 3.10. The maximum absolute atomic E-state index is 10.0. The van der Waals surface area contributed by atoms with Crippen LogP contribution in [0.2, 0.25) is 0 Å². The Bertz CT molecular complexity index is 111. The molecule has 0 saturated heterocycles. The Hall–Kier alpha value is -0.420. The molecule has 0 bridgehead atoms. The molecule has 0 radical (unpaired) electrons. The second-order valence-corrected chi connectivity index (χ2v) is 2.65. The van der Waals surface area contributed by atoms with Crippen LogP contribution in [-0.2, 0) is 15.9 Å². The predicted molar refractivity (Wildman–Crippen MR) is 34.1 cm³/mol. The van der Waals surface area contributed by atoms with Crippen molar-refractivity contribution in [2.45, 2.75) is 12.8 Å². The maximum Gasteiger partial charge on any atom is 0.217 e. The second kappa shape index (κ2) is 4.46. The van der Waals surface area contributed by atoms with Crippen LogP contribution in [0, 0.1) is 0 Å². The second-order valence-electron chi connectivity index (χ2n) is 1.60. The molecule has 0 aliphatic carbocycles. The summed E-state index contributed by atoms with van der Waals surface area (Å²) >= 11 is -1.79. The van der Waals surface area contributed by atoms with Gasteiger partial charge in [-0.15, -0.1) is 0 Å². The van der Waals surface area contributed by atoms with E-state index in [0.29, 0.717) is 6.42 Å². The molecule has 1 atom stereocenters. The minimum absolute atomic E-state index is 0.128. The van der Waals surface area contributed by atoms with E-state index in [1.54, 1.807) is 0 Å². The Morgan fingerprint density at radius 2 is 2.22 bits per heavy atom. The van der Waals surface area contributed by atoms with Crippen LogP contribution in [0.4, 0.5) is 0 Å². The van der Waals surface area contributed by atoms with Crippen molar-refractivity contribution >= 4 is 17.0 Å². The SMILES string of the molecule is NC(=O)CCCS(=O)O. The van der Waals surface area contributed by atoms with E-state index < -0.39 is 17.0 Å². The summed E-state index contributed by atoms with van der Waals surface area (Å²) in [6.07, 6.45) is 0.574. The normalized spacial score (nSPS) is 13.0. The highest BCUT2D eigenvalue weighted by Crippen LogP contribution is 1.88. The van der Waals surface area contributed by atoms with E-state index in [4.69, 9.17) is 10.3 Å². The van der Waals surface area contributed by atoms with E-state index in [-0.39, 0.29) is 12.2 Å². The lowest BCUT2D eigenvalue weighted by atomic mass is 10.3. The first-order chi connectivity index (χ1) is 4.13. The molecule has 9 heavy (non-hydrogen) atoms. The van der Waals surface area contributed by atoms with Gasteiger partial charge in [-0.3, -0.25) is 4.79 Å². The van der Waals surface area contributed by atoms with Crippen molar-refractivity contribution in [2.75, 3.05) is 5.75 Å². The number of rotatable bonds is 4. The van der Waals surface area contributed by atoms with Gasteiger partial charge in [-0.2, -0.15) is 0 Å². The Kier molecular flexibility index (Phi) is 4.25. The zero-order valence-electron chi connectivity index (χ0n) is 4.87. The van der Waals surface area contributed by atoms with Gasteiger partial charge in [-0.1, -0.05) is 0 Å². The molecule has 0 spiro atoms. The van der Waals surface area contributed by atoms with Crippen molar-refractivity contribution in [1.29, 1.82) is 0 Å². The smallest absolute Gasteiger partial charge is 0.217 e. The Labute approximate surface area is 55.7 Å². The molecular formula is C4H9NO3S. The van der Waals surface area contributed by atoms with Gasteiger partial charge < -0.3 is 10.3 Å².